The van der Waals surface area contributed by atoms with Crippen molar-refractivity contribution in [3.05, 3.63) is 29.8 Å². The summed E-state index contributed by atoms with van der Waals surface area (Å²) in [5, 5.41) is 9.38. The van der Waals surface area contributed by atoms with Gasteiger partial charge in [0, 0.05) is 31.1 Å². The number of hydrogen-bond acceptors (Lipinski definition) is 3. The molecule has 1 aromatic carbocycles. The van der Waals surface area contributed by atoms with Crippen molar-refractivity contribution in [1.82, 2.24) is 9.80 Å². The monoisotopic (exact) mass is 354 g/mol. The van der Waals surface area contributed by atoms with Gasteiger partial charge in [0.2, 0.25) is 11.8 Å². The second-order valence-corrected chi connectivity index (χ2v) is 8.55. The predicted octanol–water partition coefficient (Wildman–Crippen LogP) is 2.18. The average molecular weight is 354 g/mol. The van der Waals surface area contributed by atoms with Crippen LogP contribution in [0.15, 0.2) is 24.3 Å². The third-order valence-electron chi connectivity index (χ3n) is 7.12. The molecule has 0 radical (unpaired) electrons. The Kier molecular flexibility index (Phi) is 3.73. The molecule has 2 saturated carbocycles. The largest absolute Gasteiger partial charge is 0.508 e. The van der Waals surface area contributed by atoms with Crippen LogP contribution in [-0.4, -0.2) is 51.9 Å². The second-order valence-electron chi connectivity index (χ2n) is 8.55. The number of rotatable bonds is 3. The summed E-state index contributed by atoms with van der Waals surface area (Å²) in [6.07, 6.45) is 6.17. The Bertz CT molecular complexity index is 721. The summed E-state index contributed by atoms with van der Waals surface area (Å²) in [6, 6.07) is 7.23. The van der Waals surface area contributed by atoms with E-state index in [9.17, 15) is 14.7 Å². The number of carbonyl (C=O) groups is 2. The van der Waals surface area contributed by atoms with Crippen LogP contribution >= 0.6 is 0 Å². The lowest BCUT2D eigenvalue weighted by Gasteiger charge is -2.51. The lowest BCUT2D eigenvalue weighted by molar-refractivity contribution is -0.153. The number of phenolic OH excluding ortho intramolecular Hbond substituents is 1. The lowest BCUT2D eigenvalue weighted by Crippen LogP contribution is -2.65. The molecular weight excluding hydrogens is 328 g/mol. The van der Waals surface area contributed by atoms with Gasteiger partial charge in [0.1, 0.15) is 5.75 Å². The van der Waals surface area contributed by atoms with Gasteiger partial charge in [0.05, 0.1) is 6.42 Å². The van der Waals surface area contributed by atoms with Gasteiger partial charge in [-0.2, -0.15) is 0 Å². The molecule has 5 fully saturated rings. The fourth-order valence-corrected chi connectivity index (χ4v) is 5.67. The van der Waals surface area contributed by atoms with Gasteiger partial charge >= 0.3 is 0 Å². The van der Waals surface area contributed by atoms with Crippen LogP contribution in [0, 0.1) is 17.8 Å². The van der Waals surface area contributed by atoms with Gasteiger partial charge in [0.25, 0.3) is 0 Å². The highest BCUT2D eigenvalue weighted by Crippen LogP contribution is 2.58. The minimum absolute atomic E-state index is 0.140. The Morgan fingerprint density at radius 3 is 2.15 bits per heavy atom. The highest BCUT2D eigenvalue weighted by atomic mass is 16.3. The van der Waals surface area contributed by atoms with Crippen molar-refractivity contribution in [2.75, 3.05) is 13.1 Å². The van der Waals surface area contributed by atoms with E-state index >= 15 is 0 Å². The molecule has 0 spiro atoms. The SMILES string of the molecule is O=C(Cc1ccc(O)cc1)N1CC2CCC1CN2C(=O)C1C2CCCC21. The van der Waals surface area contributed by atoms with Crippen molar-refractivity contribution in [2.24, 2.45) is 17.8 Å². The first-order chi connectivity index (χ1) is 12.6. The fraction of sp³-hybridized carbons (Fsp3) is 0.619. The summed E-state index contributed by atoms with van der Waals surface area (Å²) in [7, 11) is 0. The molecule has 2 bridgehead atoms. The molecule has 5 heteroatoms. The molecule has 2 amide bonds. The van der Waals surface area contributed by atoms with Crippen molar-refractivity contribution >= 4 is 11.8 Å². The molecule has 3 aliphatic heterocycles. The Labute approximate surface area is 154 Å². The molecule has 1 aromatic rings. The molecule has 138 valence electrons. The molecule has 3 saturated heterocycles. The van der Waals surface area contributed by atoms with E-state index in [-0.39, 0.29) is 23.7 Å². The quantitative estimate of drug-likeness (QED) is 0.905. The van der Waals surface area contributed by atoms with E-state index in [0.29, 0.717) is 36.6 Å². The summed E-state index contributed by atoms with van der Waals surface area (Å²) < 4.78 is 0. The summed E-state index contributed by atoms with van der Waals surface area (Å²) in [5.41, 5.74) is 0.924. The van der Waals surface area contributed by atoms with Crippen molar-refractivity contribution < 1.29 is 14.7 Å². The van der Waals surface area contributed by atoms with E-state index in [0.717, 1.165) is 24.9 Å². The number of hydrogen-bond donors (Lipinski definition) is 1. The van der Waals surface area contributed by atoms with Crippen LogP contribution in [0.1, 0.15) is 37.7 Å². The van der Waals surface area contributed by atoms with E-state index in [1.807, 2.05) is 4.90 Å². The van der Waals surface area contributed by atoms with E-state index in [1.165, 1.54) is 19.3 Å². The molecule has 4 unspecified atom stereocenters. The summed E-state index contributed by atoms with van der Waals surface area (Å²) in [6.45, 7) is 1.41. The third kappa shape index (κ3) is 2.60. The lowest BCUT2D eigenvalue weighted by atomic mass is 9.89. The van der Waals surface area contributed by atoms with Crippen molar-refractivity contribution in [3.63, 3.8) is 0 Å². The van der Waals surface area contributed by atoms with E-state index in [4.69, 9.17) is 0 Å². The number of carbonyl (C=O) groups excluding carboxylic acids is 2. The first kappa shape index (κ1) is 16.2. The summed E-state index contributed by atoms with van der Waals surface area (Å²) in [5.74, 6) is 2.35. The number of piperidine rings is 2. The van der Waals surface area contributed by atoms with Gasteiger partial charge in [-0.1, -0.05) is 18.6 Å². The topological polar surface area (TPSA) is 60.9 Å². The van der Waals surface area contributed by atoms with Crippen molar-refractivity contribution in [2.45, 2.75) is 50.6 Å². The minimum Gasteiger partial charge on any atom is -0.508 e. The number of nitrogens with zero attached hydrogens (tertiary/aromatic N) is 2. The average Bonchev–Trinajstić information content (AvgIpc) is 3.14. The van der Waals surface area contributed by atoms with E-state index in [2.05, 4.69) is 4.90 Å². The third-order valence-corrected chi connectivity index (χ3v) is 7.12. The molecule has 2 aliphatic carbocycles. The van der Waals surface area contributed by atoms with E-state index < -0.39 is 0 Å². The van der Waals surface area contributed by atoms with Crippen molar-refractivity contribution in [1.29, 1.82) is 0 Å². The number of phenols is 1. The zero-order valence-corrected chi connectivity index (χ0v) is 15.0. The molecule has 6 rings (SSSR count). The normalized spacial score (nSPS) is 34.7. The van der Waals surface area contributed by atoms with E-state index in [1.54, 1.807) is 24.3 Å². The number of aromatic hydroxyl groups is 1. The fourth-order valence-electron chi connectivity index (χ4n) is 5.67. The maximum atomic E-state index is 13.0. The van der Waals surface area contributed by atoms with Crippen LogP contribution in [0.2, 0.25) is 0 Å². The standard InChI is InChI=1S/C21H26N2O3/c24-16-8-4-13(5-9-16)10-19(25)22-11-15-7-6-14(22)12-23(15)21(26)20-17-2-1-3-18(17)20/h4-5,8-9,14-15,17-18,20,24H,1-3,6-7,10-12H2. The van der Waals surface area contributed by atoms with Gasteiger partial charge in [-0.05, 0) is 55.2 Å². The predicted molar refractivity (Wildman–Crippen MR) is 96.4 cm³/mol. The van der Waals surface area contributed by atoms with Gasteiger partial charge < -0.3 is 14.9 Å². The van der Waals surface area contributed by atoms with Gasteiger partial charge in [-0.15, -0.1) is 0 Å². The summed E-state index contributed by atoms with van der Waals surface area (Å²) >= 11 is 0. The first-order valence-electron chi connectivity index (χ1n) is 9.99. The Balaban J connectivity index is 1.23. The molecule has 5 aliphatic rings. The van der Waals surface area contributed by atoms with Crippen molar-refractivity contribution in [3.8, 4) is 5.75 Å². The molecule has 5 nitrogen and oxygen atoms in total. The molecule has 4 atom stereocenters. The summed E-state index contributed by atoms with van der Waals surface area (Å²) in [4.78, 5) is 29.9. The zero-order chi connectivity index (χ0) is 17.8. The highest BCUT2D eigenvalue weighted by Gasteiger charge is 2.59. The van der Waals surface area contributed by atoms with Crippen LogP contribution in [0.3, 0.4) is 0 Å². The van der Waals surface area contributed by atoms with Crippen LogP contribution in [0.25, 0.3) is 0 Å². The Morgan fingerprint density at radius 1 is 0.923 bits per heavy atom. The molecule has 1 N–H and O–H groups in total. The van der Waals surface area contributed by atoms with Crippen LogP contribution in [-0.2, 0) is 16.0 Å². The molecular formula is C21H26N2O3. The Hall–Kier alpha value is -2.04. The second kappa shape index (κ2) is 6.00. The van der Waals surface area contributed by atoms with Gasteiger partial charge in [-0.25, -0.2) is 0 Å². The number of amides is 2. The number of benzene rings is 1. The Morgan fingerprint density at radius 2 is 1.54 bits per heavy atom. The number of piperazine rings is 1. The highest BCUT2D eigenvalue weighted by molar-refractivity contribution is 5.84. The minimum atomic E-state index is 0.140. The number of fused-ring (bicyclic) bond motifs is 4. The molecule has 26 heavy (non-hydrogen) atoms. The molecule has 0 aromatic heterocycles. The first-order valence-corrected chi connectivity index (χ1v) is 9.99. The smallest absolute Gasteiger partial charge is 0.227 e. The van der Waals surface area contributed by atoms with Crippen LogP contribution < -0.4 is 0 Å². The zero-order valence-electron chi connectivity index (χ0n) is 15.0. The maximum Gasteiger partial charge on any atom is 0.227 e. The van der Waals surface area contributed by atoms with Gasteiger partial charge in [0.15, 0.2) is 0 Å². The molecule has 3 heterocycles. The maximum absolute atomic E-state index is 13.0. The van der Waals surface area contributed by atoms with Crippen LogP contribution in [0.5, 0.6) is 5.75 Å². The van der Waals surface area contributed by atoms with Gasteiger partial charge in [-0.3, -0.25) is 9.59 Å². The van der Waals surface area contributed by atoms with Crippen LogP contribution in [0.4, 0.5) is 0 Å².